The number of carbonyl (C=O) groups excluding carboxylic acids is 1. The first-order valence-electron chi connectivity index (χ1n) is 7.40. The molecule has 20 heavy (non-hydrogen) atoms. The quantitative estimate of drug-likeness (QED) is 0.901. The third kappa shape index (κ3) is 2.22. The fourth-order valence-electron chi connectivity index (χ4n) is 3.50. The van der Waals surface area contributed by atoms with E-state index in [0.717, 1.165) is 19.3 Å². The summed E-state index contributed by atoms with van der Waals surface area (Å²) in [6, 6.07) is 6.73. The molecule has 1 aliphatic heterocycles. The van der Waals surface area contributed by atoms with Crippen molar-refractivity contribution in [1.82, 2.24) is 10.2 Å². The van der Waals surface area contributed by atoms with Crippen molar-refractivity contribution in [2.24, 2.45) is 5.92 Å². The number of carbonyl (C=O) groups is 1. The predicted molar refractivity (Wildman–Crippen MR) is 75.4 cm³/mol. The zero-order valence-electron chi connectivity index (χ0n) is 12.0. The SMILES string of the molecule is CC1CCC(N2C(=O)C(C)NC2c2ccccc2F)C1. The molecule has 0 aromatic heterocycles. The van der Waals surface area contributed by atoms with Crippen molar-refractivity contribution in [3.63, 3.8) is 0 Å². The highest BCUT2D eigenvalue weighted by Crippen LogP contribution is 2.37. The van der Waals surface area contributed by atoms with Crippen LogP contribution in [0.5, 0.6) is 0 Å². The molecule has 0 radical (unpaired) electrons. The molecule has 1 saturated heterocycles. The minimum Gasteiger partial charge on any atom is -0.318 e. The Hall–Kier alpha value is -1.42. The molecule has 1 aromatic rings. The van der Waals surface area contributed by atoms with Gasteiger partial charge in [0.05, 0.1) is 6.04 Å². The molecular formula is C16H21FN2O. The third-order valence-corrected chi connectivity index (χ3v) is 4.57. The Bertz CT molecular complexity index is 519. The van der Waals surface area contributed by atoms with Gasteiger partial charge in [0.25, 0.3) is 0 Å². The number of amides is 1. The molecule has 1 saturated carbocycles. The highest BCUT2D eigenvalue weighted by molar-refractivity contribution is 5.84. The van der Waals surface area contributed by atoms with Crippen LogP contribution in [0.4, 0.5) is 4.39 Å². The van der Waals surface area contributed by atoms with Crippen LogP contribution in [0.15, 0.2) is 24.3 Å². The number of halogens is 1. The summed E-state index contributed by atoms with van der Waals surface area (Å²) in [5.74, 6) is 0.491. The number of hydrogen-bond acceptors (Lipinski definition) is 2. The first kappa shape index (κ1) is 13.6. The van der Waals surface area contributed by atoms with Gasteiger partial charge in [0.15, 0.2) is 0 Å². The maximum Gasteiger partial charge on any atom is 0.241 e. The summed E-state index contributed by atoms with van der Waals surface area (Å²) in [5.41, 5.74) is 0.574. The average molecular weight is 276 g/mol. The van der Waals surface area contributed by atoms with E-state index in [2.05, 4.69) is 12.2 Å². The van der Waals surface area contributed by atoms with Gasteiger partial charge in [-0.3, -0.25) is 10.1 Å². The maximum absolute atomic E-state index is 14.1. The van der Waals surface area contributed by atoms with Gasteiger partial charge in [-0.1, -0.05) is 25.1 Å². The molecule has 4 unspecified atom stereocenters. The first-order chi connectivity index (χ1) is 9.58. The first-order valence-corrected chi connectivity index (χ1v) is 7.40. The summed E-state index contributed by atoms with van der Waals surface area (Å²) in [7, 11) is 0. The lowest BCUT2D eigenvalue weighted by Crippen LogP contribution is -2.39. The van der Waals surface area contributed by atoms with Crippen molar-refractivity contribution in [3.8, 4) is 0 Å². The Morgan fingerprint density at radius 2 is 2.00 bits per heavy atom. The van der Waals surface area contributed by atoms with Gasteiger partial charge >= 0.3 is 0 Å². The van der Waals surface area contributed by atoms with E-state index >= 15 is 0 Å². The molecule has 0 bridgehead atoms. The number of benzene rings is 1. The van der Waals surface area contributed by atoms with Crippen molar-refractivity contribution in [2.75, 3.05) is 0 Å². The Morgan fingerprint density at radius 1 is 1.25 bits per heavy atom. The van der Waals surface area contributed by atoms with Crippen LogP contribution in [0, 0.1) is 11.7 Å². The summed E-state index contributed by atoms with van der Waals surface area (Å²) in [6.07, 6.45) is 2.86. The molecule has 3 rings (SSSR count). The fraction of sp³-hybridized carbons (Fsp3) is 0.562. The summed E-state index contributed by atoms with van der Waals surface area (Å²) in [4.78, 5) is 14.3. The Kier molecular flexibility index (Phi) is 3.50. The molecule has 2 aliphatic rings. The van der Waals surface area contributed by atoms with Crippen LogP contribution in [0.1, 0.15) is 44.8 Å². The van der Waals surface area contributed by atoms with E-state index in [4.69, 9.17) is 0 Å². The smallest absolute Gasteiger partial charge is 0.241 e. The van der Waals surface area contributed by atoms with Crippen LogP contribution in [0.3, 0.4) is 0 Å². The van der Waals surface area contributed by atoms with Crippen molar-refractivity contribution in [2.45, 2.75) is 51.4 Å². The van der Waals surface area contributed by atoms with Gasteiger partial charge in [0.2, 0.25) is 5.91 Å². The van der Waals surface area contributed by atoms with Gasteiger partial charge in [-0.15, -0.1) is 0 Å². The lowest BCUT2D eigenvalue weighted by atomic mass is 10.1. The topological polar surface area (TPSA) is 32.3 Å². The van der Waals surface area contributed by atoms with E-state index in [1.807, 2.05) is 17.9 Å². The van der Waals surface area contributed by atoms with E-state index in [1.54, 1.807) is 12.1 Å². The Labute approximate surface area is 119 Å². The molecule has 1 amide bonds. The molecule has 2 fully saturated rings. The monoisotopic (exact) mass is 276 g/mol. The Balaban J connectivity index is 1.92. The lowest BCUT2D eigenvalue weighted by Gasteiger charge is -2.30. The van der Waals surface area contributed by atoms with Gasteiger partial charge in [-0.05, 0) is 38.2 Å². The van der Waals surface area contributed by atoms with Crippen LogP contribution in [0.25, 0.3) is 0 Å². The minimum absolute atomic E-state index is 0.0948. The average Bonchev–Trinajstić information content (AvgIpc) is 2.95. The summed E-state index contributed by atoms with van der Waals surface area (Å²) >= 11 is 0. The normalized spacial score (nSPS) is 34.0. The van der Waals surface area contributed by atoms with Gasteiger partial charge in [-0.2, -0.15) is 0 Å². The zero-order valence-corrected chi connectivity index (χ0v) is 12.0. The Morgan fingerprint density at radius 3 is 2.65 bits per heavy atom. The van der Waals surface area contributed by atoms with Crippen molar-refractivity contribution < 1.29 is 9.18 Å². The standard InChI is InChI=1S/C16H21FN2O/c1-10-7-8-12(9-10)19-15(18-11(2)16(19)20)13-5-3-4-6-14(13)17/h3-6,10-12,15,18H,7-9H2,1-2H3. The minimum atomic E-state index is -0.325. The van der Waals surface area contributed by atoms with Gasteiger partial charge in [0, 0.05) is 11.6 Å². The molecule has 1 aliphatic carbocycles. The number of nitrogens with zero attached hydrogens (tertiary/aromatic N) is 1. The second-order valence-corrected chi connectivity index (χ2v) is 6.13. The summed E-state index contributed by atoms with van der Waals surface area (Å²) in [5, 5.41) is 3.24. The highest BCUT2D eigenvalue weighted by atomic mass is 19.1. The highest BCUT2D eigenvalue weighted by Gasteiger charge is 2.43. The van der Waals surface area contributed by atoms with Gasteiger partial charge < -0.3 is 4.90 Å². The number of nitrogens with one attached hydrogen (secondary N) is 1. The summed E-state index contributed by atoms with van der Waals surface area (Å²) in [6.45, 7) is 4.07. The van der Waals surface area contributed by atoms with Crippen LogP contribution in [-0.2, 0) is 4.79 Å². The molecule has 4 atom stereocenters. The zero-order chi connectivity index (χ0) is 14.3. The lowest BCUT2D eigenvalue weighted by molar-refractivity contribution is -0.132. The van der Waals surface area contributed by atoms with E-state index in [0.29, 0.717) is 11.5 Å². The molecular weight excluding hydrogens is 255 g/mol. The van der Waals surface area contributed by atoms with Crippen molar-refractivity contribution in [3.05, 3.63) is 35.6 Å². The van der Waals surface area contributed by atoms with E-state index in [9.17, 15) is 9.18 Å². The molecule has 4 heteroatoms. The second-order valence-electron chi connectivity index (χ2n) is 6.13. The van der Waals surface area contributed by atoms with Gasteiger partial charge in [0.1, 0.15) is 12.0 Å². The van der Waals surface area contributed by atoms with Crippen LogP contribution in [0.2, 0.25) is 0 Å². The predicted octanol–water partition coefficient (Wildman–Crippen LogP) is 2.83. The fourth-order valence-corrected chi connectivity index (χ4v) is 3.50. The maximum atomic E-state index is 14.1. The van der Waals surface area contributed by atoms with Crippen molar-refractivity contribution in [1.29, 1.82) is 0 Å². The number of rotatable bonds is 2. The molecule has 3 nitrogen and oxygen atoms in total. The third-order valence-electron chi connectivity index (χ3n) is 4.57. The molecule has 108 valence electrons. The largest absolute Gasteiger partial charge is 0.318 e. The molecule has 1 heterocycles. The van der Waals surface area contributed by atoms with Crippen LogP contribution in [-0.4, -0.2) is 22.9 Å². The second kappa shape index (κ2) is 5.17. The molecule has 1 N–H and O–H groups in total. The number of hydrogen-bond donors (Lipinski definition) is 1. The van der Waals surface area contributed by atoms with Gasteiger partial charge in [-0.25, -0.2) is 4.39 Å². The molecule has 0 spiro atoms. The van der Waals surface area contributed by atoms with E-state index in [1.165, 1.54) is 6.07 Å². The van der Waals surface area contributed by atoms with Crippen LogP contribution >= 0.6 is 0 Å². The summed E-state index contributed by atoms with van der Waals surface area (Å²) < 4.78 is 14.1. The van der Waals surface area contributed by atoms with Crippen LogP contribution < -0.4 is 5.32 Å². The van der Waals surface area contributed by atoms with E-state index in [-0.39, 0.29) is 30.0 Å². The van der Waals surface area contributed by atoms with E-state index < -0.39 is 0 Å². The van der Waals surface area contributed by atoms with Crippen molar-refractivity contribution >= 4 is 5.91 Å². The molecule has 1 aromatic carbocycles.